The molecule has 0 atom stereocenters. The first kappa shape index (κ1) is 30.1. The molecular weight excluding hydrogens is 631 g/mol. The Morgan fingerprint density at radius 3 is 2.08 bits per heavy atom. The van der Waals surface area contributed by atoms with Crippen molar-refractivity contribution in [2.45, 2.75) is 19.3 Å². The molecule has 2 aromatic heterocycles. The highest BCUT2D eigenvalue weighted by Gasteiger charge is 2.38. The average Bonchev–Trinajstić information content (AvgIpc) is 3.66. The Hall–Kier alpha value is -6.76. The molecule has 0 N–H and O–H groups in total. The van der Waals surface area contributed by atoms with Crippen LogP contribution in [-0.4, -0.2) is 9.55 Å². The molecule has 0 fully saturated rings. The lowest BCUT2D eigenvalue weighted by atomic mass is 9.80. The van der Waals surface area contributed by atoms with Crippen LogP contribution in [0.4, 0.5) is 5.69 Å². The lowest BCUT2D eigenvalue weighted by molar-refractivity contribution is 0.666. The predicted molar refractivity (Wildman–Crippen MR) is 216 cm³/mol. The largest absolute Gasteiger partial charge is 0.309 e. The average molecular weight is 664 g/mol. The van der Waals surface area contributed by atoms with Crippen molar-refractivity contribution in [3.8, 4) is 50.3 Å². The third-order valence-corrected chi connectivity index (χ3v) is 11.0. The number of aromatic nitrogens is 2. The second-order valence-electron chi connectivity index (χ2n) is 14.2. The summed E-state index contributed by atoms with van der Waals surface area (Å²) in [6, 6.07) is 58.0. The van der Waals surface area contributed by atoms with Crippen molar-refractivity contribution in [2.24, 2.45) is 0 Å². The number of fused-ring (bicyclic) bond motifs is 8. The van der Waals surface area contributed by atoms with Crippen LogP contribution in [0.5, 0.6) is 0 Å². The first-order chi connectivity index (χ1) is 25.5. The van der Waals surface area contributed by atoms with Crippen molar-refractivity contribution in [2.75, 3.05) is 0 Å². The second-order valence-corrected chi connectivity index (χ2v) is 14.2. The maximum Gasteiger partial charge on any atom is 0.194 e. The van der Waals surface area contributed by atoms with Gasteiger partial charge in [-0.1, -0.05) is 135 Å². The van der Waals surface area contributed by atoms with Crippen LogP contribution in [-0.2, 0) is 5.41 Å². The van der Waals surface area contributed by atoms with Gasteiger partial charge in [0.05, 0.1) is 28.8 Å². The normalized spacial score (nSPS) is 12.9. The number of pyridine rings is 1. The molecule has 0 bridgehead atoms. The number of rotatable bonds is 4. The van der Waals surface area contributed by atoms with E-state index in [4.69, 9.17) is 11.6 Å². The minimum Gasteiger partial charge on any atom is -0.309 e. The van der Waals surface area contributed by atoms with Crippen LogP contribution in [0, 0.1) is 6.57 Å². The number of hydrogen-bond acceptors (Lipinski definition) is 1. The standard InChI is InChI=1S/C49H33N3/c1-49(2)41-21-11-7-18-36(41)38-25-26-46-47(48(38)49)39-20-10-14-24-45(39)52(46)34-28-32(35-17-8-12-22-42(35)50-3)27-33(29-34)44-30-40(31-15-5-4-6-16-31)37-19-9-13-23-43(37)51-44/h4-30H,1-2H3. The molecule has 2 heterocycles. The van der Waals surface area contributed by atoms with Crippen LogP contribution >= 0.6 is 0 Å². The van der Waals surface area contributed by atoms with E-state index in [1.807, 2.05) is 18.2 Å². The zero-order valence-corrected chi connectivity index (χ0v) is 28.9. The Morgan fingerprint density at radius 2 is 1.23 bits per heavy atom. The summed E-state index contributed by atoms with van der Waals surface area (Å²) < 4.78 is 2.41. The molecule has 0 amide bonds. The van der Waals surface area contributed by atoms with Crippen LogP contribution in [0.15, 0.2) is 164 Å². The lowest BCUT2D eigenvalue weighted by Crippen LogP contribution is -2.15. The van der Waals surface area contributed by atoms with Crippen LogP contribution < -0.4 is 0 Å². The highest BCUT2D eigenvalue weighted by Crippen LogP contribution is 2.53. The first-order valence-electron chi connectivity index (χ1n) is 17.8. The first-order valence-corrected chi connectivity index (χ1v) is 17.8. The molecular formula is C49H33N3. The van der Waals surface area contributed by atoms with E-state index in [2.05, 4.69) is 169 Å². The van der Waals surface area contributed by atoms with Crippen molar-refractivity contribution in [3.63, 3.8) is 0 Å². The van der Waals surface area contributed by atoms with Crippen molar-refractivity contribution < 1.29 is 0 Å². The molecule has 3 heteroatoms. The quantitative estimate of drug-likeness (QED) is 0.172. The molecule has 0 saturated heterocycles. The molecule has 0 spiro atoms. The molecule has 0 aliphatic heterocycles. The molecule has 1 aliphatic carbocycles. The lowest BCUT2D eigenvalue weighted by Gasteiger charge is -2.22. The summed E-state index contributed by atoms with van der Waals surface area (Å²) in [6.45, 7) is 12.8. The summed E-state index contributed by atoms with van der Waals surface area (Å²) >= 11 is 0. The van der Waals surface area contributed by atoms with E-state index < -0.39 is 0 Å². The molecule has 0 radical (unpaired) electrons. The van der Waals surface area contributed by atoms with Gasteiger partial charge in [-0.3, -0.25) is 0 Å². The summed E-state index contributed by atoms with van der Waals surface area (Å²) in [4.78, 5) is 9.21. The van der Waals surface area contributed by atoms with Gasteiger partial charge in [-0.05, 0) is 87.0 Å². The minimum absolute atomic E-state index is 0.162. The van der Waals surface area contributed by atoms with Crippen molar-refractivity contribution in [3.05, 3.63) is 186 Å². The zero-order valence-electron chi connectivity index (χ0n) is 28.9. The monoisotopic (exact) mass is 663 g/mol. The van der Waals surface area contributed by atoms with Crippen molar-refractivity contribution in [1.82, 2.24) is 9.55 Å². The van der Waals surface area contributed by atoms with E-state index in [0.29, 0.717) is 5.69 Å². The van der Waals surface area contributed by atoms with E-state index in [1.165, 1.54) is 38.5 Å². The van der Waals surface area contributed by atoms with Crippen LogP contribution in [0.1, 0.15) is 25.0 Å². The predicted octanol–water partition coefficient (Wildman–Crippen LogP) is 13.2. The second kappa shape index (κ2) is 11.4. The SMILES string of the molecule is [C-]#[N+]c1ccccc1-c1cc(-c2cc(-c3ccccc3)c3ccccc3n2)cc(-n2c3ccccc3c3c4c(ccc32)-c2ccccc2C4(C)C)c1. The van der Waals surface area contributed by atoms with E-state index in [9.17, 15) is 0 Å². The Labute approximate surface area is 302 Å². The molecule has 9 aromatic rings. The minimum atomic E-state index is -0.162. The van der Waals surface area contributed by atoms with Gasteiger partial charge < -0.3 is 4.57 Å². The molecule has 7 aromatic carbocycles. The maximum absolute atomic E-state index is 8.04. The molecule has 0 unspecified atom stereocenters. The molecule has 244 valence electrons. The number of para-hydroxylation sites is 3. The molecule has 3 nitrogen and oxygen atoms in total. The Kier molecular flexibility index (Phi) is 6.59. The van der Waals surface area contributed by atoms with E-state index in [0.717, 1.165) is 55.6 Å². The highest BCUT2D eigenvalue weighted by molar-refractivity contribution is 6.14. The van der Waals surface area contributed by atoms with Gasteiger partial charge in [0, 0.05) is 32.8 Å². The van der Waals surface area contributed by atoms with Gasteiger partial charge in [0.2, 0.25) is 0 Å². The molecule has 52 heavy (non-hydrogen) atoms. The van der Waals surface area contributed by atoms with Crippen LogP contribution in [0.25, 0.3) is 87.9 Å². The van der Waals surface area contributed by atoms with Crippen molar-refractivity contribution in [1.29, 1.82) is 0 Å². The van der Waals surface area contributed by atoms with Gasteiger partial charge in [-0.2, -0.15) is 0 Å². The Balaban J connectivity index is 1.29. The highest BCUT2D eigenvalue weighted by atomic mass is 15.0. The fourth-order valence-corrected chi connectivity index (χ4v) is 8.65. The summed E-state index contributed by atoms with van der Waals surface area (Å²) in [6.07, 6.45) is 0. The van der Waals surface area contributed by atoms with Gasteiger partial charge in [-0.15, -0.1) is 0 Å². The summed E-state index contributed by atoms with van der Waals surface area (Å²) in [5.41, 5.74) is 16.2. The fraction of sp³-hybridized carbons (Fsp3) is 0.0612. The summed E-state index contributed by atoms with van der Waals surface area (Å²) in [7, 11) is 0. The molecule has 1 aliphatic rings. The molecule has 10 rings (SSSR count). The van der Waals surface area contributed by atoms with E-state index in [1.54, 1.807) is 0 Å². The van der Waals surface area contributed by atoms with E-state index >= 15 is 0 Å². The third kappa shape index (κ3) is 4.41. The number of hydrogen-bond donors (Lipinski definition) is 0. The Morgan fingerprint density at radius 1 is 0.538 bits per heavy atom. The summed E-state index contributed by atoms with van der Waals surface area (Å²) in [5.74, 6) is 0. The Bertz CT molecular complexity index is 2940. The van der Waals surface area contributed by atoms with Crippen molar-refractivity contribution >= 4 is 38.4 Å². The number of benzene rings is 7. The summed E-state index contributed by atoms with van der Waals surface area (Å²) in [5, 5.41) is 3.64. The van der Waals surface area contributed by atoms with Crippen LogP contribution in [0.2, 0.25) is 0 Å². The van der Waals surface area contributed by atoms with Gasteiger partial charge in [-0.25, -0.2) is 9.83 Å². The smallest absolute Gasteiger partial charge is 0.194 e. The zero-order chi connectivity index (χ0) is 35.0. The third-order valence-electron chi connectivity index (χ3n) is 11.0. The molecule has 0 saturated carbocycles. The van der Waals surface area contributed by atoms with Crippen LogP contribution in [0.3, 0.4) is 0 Å². The fourth-order valence-electron chi connectivity index (χ4n) is 8.65. The number of nitrogens with zero attached hydrogens (tertiary/aromatic N) is 3. The van der Waals surface area contributed by atoms with E-state index in [-0.39, 0.29) is 5.41 Å². The van der Waals surface area contributed by atoms with Gasteiger partial charge in [0.15, 0.2) is 5.69 Å². The topological polar surface area (TPSA) is 22.2 Å². The van der Waals surface area contributed by atoms with Gasteiger partial charge in [0.1, 0.15) is 0 Å². The van der Waals surface area contributed by atoms with Gasteiger partial charge >= 0.3 is 0 Å². The maximum atomic E-state index is 8.04. The van der Waals surface area contributed by atoms with Gasteiger partial charge in [0.25, 0.3) is 0 Å².